The van der Waals surface area contributed by atoms with Gasteiger partial charge in [0.2, 0.25) is 0 Å². The third-order valence-corrected chi connectivity index (χ3v) is 7.18. The van der Waals surface area contributed by atoms with Gasteiger partial charge < -0.3 is 19.7 Å². The van der Waals surface area contributed by atoms with E-state index >= 15 is 0 Å². The molecule has 0 saturated heterocycles. The topological polar surface area (TPSA) is 93.1 Å². The molecule has 0 spiro atoms. The second-order valence-corrected chi connectivity index (χ2v) is 9.91. The summed E-state index contributed by atoms with van der Waals surface area (Å²) in [5, 5.41) is 22.3. The average Bonchev–Trinajstić information content (AvgIpc) is 3.02. The molecule has 6 heteroatoms. The average molecular weight is 555 g/mol. The van der Waals surface area contributed by atoms with Crippen molar-refractivity contribution < 1.29 is 29.3 Å². The summed E-state index contributed by atoms with van der Waals surface area (Å²) >= 11 is 0. The Labute approximate surface area is 242 Å². The smallest absolute Gasteiger partial charge is 0.335 e. The molecule has 2 N–H and O–H groups in total. The largest absolute Gasteiger partial charge is 0.488 e. The van der Waals surface area contributed by atoms with Crippen molar-refractivity contribution >= 4 is 33.5 Å². The van der Waals surface area contributed by atoms with Crippen molar-refractivity contribution in [2.24, 2.45) is 0 Å². The van der Waals surface area contributed by atoms with Gasteiger partial charge in [-0.3, -0.25) is 0 Å². The van der Waals surface area contributed by atoms with Crippen LogP contribution in [-0.4, -0.2) is 22.2 Å². The normalized spacial score (nSPS) is 11.0. The summed E-state index contributed by atoms with van der Waals surface area (Å²) in [6, 6.07) is 37.0. The van der Waals surface area contributed by atoms with Crippen molar-refractivity contribution in [3.8, 4) is 22.6 Å². The Morgan fingerprint density at radius 1 is 0.500 bits per heavy atom. The third kappa shape index (κ3) is 5.38. The maximum absolute atomic E-state index is 11.8. The highest BCUT2D eigenvalue weighted by Crippen LogP contribution is 2.46. The van der Waals surface area contributed by atoms with Crippen LogP contribution in [0, 0.1) is 0 Å². The molecular formula is C36H26O6. The van der Waals surface area contributed by atoms with E-state index in [9.17, 15) is 19.8 Å². The molecule has 0 aliphatic carbocycles. The SMILES string of the molecule is O=C(O)c1ccc2c(-c3c(OCc4ccccc4)ccc4cc(C(=O)O)ccc34)c(OCc3ccccc3)ccc2c1. The lowest BCUT2D eigenvalue weighted by atomic mass is 9.91. The molecule has 0 bridgehead atoms. The van der Waals surface area contributed by atoms with Crippen molar-refractivity contribution in [3.05, 3.63) is 144 Å². The van der Waals surface area contributed by atoms with Gasteiger partial charge >= 0.3 is 11.9 Å². The molecular weight excluding hydrogens is 528 g/mol. The van der Waals surface area contributed by atoms with E-state index < -0.39 is 11.9 Å². The summed E-state index contributed by atoms with van der Waals surface area (Å²) in [4.78, 5) is 23.5. The molecule has 6 nitrogen and oxygen atoms in total. The van der Waals surface area contributed by atoms with E-state index in [4.69, 9.17) is 9.47 Å². The van der Waals surface area contributed by atoms with Gasteiger partial charge in [-0.05, 0) is 69.1 Å². The van der Waals surface area contributed by atoms with E-state index in [-0.39, 0.29) is 11.1 Å². The summed E-state index contributed by atoms with van der Waals surface area (Å²) in [5.74, 6) is -0.843. The summed E-state index contributed by atoms with van der Waals surface area (Å²) in [5.41, 5.74) is 3.81. The molecule has 0 radical (unpaired) electrons. The van der Waals surface area contributed by atoms with Gasteiger partial charge in [0.1, 0.15) is 24.7 Å². The van der Waals surface area contributed by atoms with Crippen molar-refractivity contribution in [2.45, 2.75) is 13.2 Å². The molecule has 6 aromatic rings. The number of rotatable bonds is 9. The number of carboxylic acid groups (broad SMARTS) is 2. The zero-order valence-corrected chi connectivity index (χ0v) is 22.5. The number of benzene rings is 6. The predicted molar refractivity (Wildman–Crippen MR) is 162 cm³/mol. The number of ether oxygens (including phenoxy) is 2. The van der Waals surface area contributed by atoms with E-state index in [0.717, 1.165) is 43.8 Å². The molecule has 6 aromatic carbocycles. The number of carbonyl (C=O) groups is 2. The Balaban J connectivity index is 1.59. The minimum Gasteiger partial charge on any atom is -0.488 e. The van der Waals surface area contributed by atoms with E-state index in [1.54, 1.807) is 36.4 Å². The summed E-state index contributed by atoms with van der Waals surface area (Å²) in [7, 11) is 0. The van der Waals surface area contributed by atoms with Gasteiger partial charge in [0.15, 0.2) is 0 Å². The fraction of sp³-hybridized carbons (Fsp3) is 0.0556. The fourth-order valence-electron chi connectivity index (χ4n) is 5.11. The van der Waals surface area contributed by atoms with Gasteiger partial charge in [-0.1, -0.05) is 84.9 Å². The first-order valence-electron chi connectivity index (χ1n) is 13.4. The zero-order chi connectivity index (χ0) is 29.1. The van der Waals surface area contributed by atoms with Crippen LogP contribution in [0.4, 0.5) is 0 Å². The molecule has 0 aromatic heterocycles. The minimum atomic E-state index is -1.01. The van der Waals surface area contributed by atoms with Crippen LogP contribution >= 0.6 is 0 Å². The maximum Gasteiger partial charge on any atom is 0.335 e. The van der Waals surface area contributed by atoms with E-state index in [1.807, 2.05) is 84.9 Å². The Hall–Kier alpha value is -5.62. The second kappa shape index (κ2) is 11.5. The van der Waals surface area contributed by atoms with Crippen LogP contribution < -0.4 is 9.47 Å². The van der Waals surface area contributed by atoms with Gasteiger partial charge in [0.05, 0.1) is 11.1 Å². The Bertz CT molecular complexity index is 1790. The molecule has 42 heavy (non-hydrogen) atoms. The van der Waals surface area contributed by atoms with Crippen LogP contribution in [0.3, 0.4) is 0 Å². The molecule has 6 rings (SSSR count). The van der Waals surface area contributed by atoms with Crippen molar-refractivity contribution in [2.75, 3.05) is 0 Å². The van der Waals surface area contributed by atoms with Crippen LogP contribution in [0.2, 0.25) is 0 Å². The van der Waals surface area contributed by atoms with Gasteiger partial charge in [0.25, 0.3) is 0 Å². The summed E-state index contributed by atoms with van der Waals surface area (Å²) in [6.07, 6.45) is 0. The summed E-state index contributed by atoms with van der Waals surface area (Å²) < 4.78 is 12.9. The fourth-order valence-corrected chi connectivity index (χ4v) is 5.11. The highest BCUT2D eigenvalue weighted by atomic mass is 16.5. The third-order valence-electron chi connectivity index (χ3n) is 7.18. The van der Waals surface area contributed by atoms with Gasteiger partial charge in [-0.2, -0.15) is 0 Å². The van der Waals surface area contributed by atoms with Crippen LogP contribution in [0.15, 0.2) is 121 Å². The molecule has 0 fully saturated rings. The highest BCUT2D eigenvalue weighted by Gasteiger charge is 2.21. The van der Waals surface area contributed by atoms with E-state index in [0.29, 0.717) is 24.7 Å². The lowest BCUT2D eigenvalue weighted by molar-refractivity contribution is 0.0686. The second-order valence-electron chi connectivity index (χ2n) is 9.91. The van der Waals surface area contributed by atoms with Crippen LogP contribution in [0.5, 0.6) is 11.5 Å². The van der Waals surface area contributed by atoms with Crippen molar-refractivity contribution in [3.63, 3.8) is 0 Å². The molecule has 0 heterocycles. The number of aromatic carboxylic acids is 2. The molecule has 0 saturated carbocycles. The van der Waals surface area contributed by atoms with Gasteiger partial charge in [-0.25, -0.2) is 9.59 Å². The standard InChI is InChI=1S/C36H26O6/c37-35(38)27-11-15-29-25(19-27)13-17-31(41-21-23-7-3-1-4-8-23)33(29)34-30-16-12-28(36(39)40)20-26(30)14-18-32(34)42-22-24-9-5-2-6-10-24/h1-20H,21-22H2,(H,37,38)(H,39,40). The van der Waals surface area contributed by atoms with E-state index in [1.165, 1.54) is 0 Å². The van der Waals surface area contributed by atoms with Crippen LogP contribution in [0.25, 0.3) is 32.7 Å². The summed E-state index contributed by atoms with van der Waals surface area (Å²) in [6.45, 7) is 0.640. The minimum absolute atomic E-state index is 0.177. The monoisotopic (exact) mass is 554 g/mol. The number of carboxylic acids is 2. The zero-order valence-electron chi connectivity index (χ0n) is 22.5. The maximum atomic E-state index is 11.8. The van der Waals surface area contributed by atoms with E-state index in [2.05, 4.69) is 0 Å². The number of fused-ring (bicyclic) bond motifs is 2. The highest BCUT2D eigenvalue weighted by molar-refractivity contribution is 6.11. The Kier molecular flexibility index (Phi) is 7.26. The first-order chi connectivity index (χ1) is 20.5. The Morgan fingerprint density at radius 2 is 0.905 bits per heavy atom. The van der Waals surface area contributed by atoms with Gasteiger partial charge in [-0.15, -0.1) is 0 Å². The predicted octanol–water partition coefficient (Wildman–Crippen LogP) is 8.21. The molecule has 0 atom stereocenters. The molecule has 206 valence electrons. The molecule has 0 aliphatic rings. The molecule has 0 unspecified atom stereocenters. The van der Waals surface area contributed by atoms with Crippen molar-refractivity contribution in [1.29, 1.82) is 0 Å². The first-order valence-corrected chi connectivity index (χ1v) is 13.4. The van der Waals surface area contributed by atoms with Crippen LogP contribution in [-0.2, 0) is 13.2 Å². The first kappa shape index (κ1) is 26.6. The number of hydrogen-bond acceptors (Lipinski definition) is 4. The molecule has 0 amide bonds. The lowest BCUT2D eigenvalue weighted by Gasteiger charge is -2.20. The van der Waals surface area contributed by atoms with Gasteiger partial charge in [0, 0.05) is 11.1 Å². The van der Waals surface area contributed by atoms with Crippen molar-refractivity contribution in [1.82, 2.24) is 0 Å². The van der Waals surface area contributed by atoms with Crippen LogP contribution in [0.1, 0.15) is 31.8 Å². The number of hydrogen-bond donors (Lipinski definition) is 2. The Morgan fingerprint density at radius 3 is 1.29 bits per heavy atom. The molecule has 0 aliphatic heterocycles. The quantitative estimate of drug-likeness (QED) is 0.187. The lowest BCUT2D eigenvalue weighted by Crippen LogP contribution is -2.02.